The molecule has 3 amide bonds. The maximum atomic E-state index is 12.1. The molecule has 0 radical (unpaired) electrons. The lowest BCUT2D eigenvalue weighted by Crippen LogP contribution is -2.67. The average Bonchev–Trinajstić information content (AvgIpc) is 2.58. The number of hydrogen-bond acceptors (Lipinski definition) is 3. The second kappa shape index (κ2) is 7.26. The van der Waals surface area contributed by atoms with Gasteiger partial charge >= 0.3 is 12.2 Å². The van der Waals surface area contributed by atoms with Crippen LogP contribution in [0.1, 0.15) is 31.2 Å². The number of carbonyl (C=O) groups excluding carboxylic acids is 2. The molecular formula is C18H22F3N3O2. The van der Waals surface area contributed by atoms with E-state index in [-0.39, 0.29) is 12.1 Å². The number of benzene rings is 1. The van der Waals surface area contributed by atoms with Crippen LogP contribution < -0.4 is 10.6 Å². The normalized spacial score (nSPS) is 25.7. The van der Waals surface area contributed by atoms with Crippen molar-refractivity contribution < 1.29 is 22.8 Å². The van der Waals surface area contributed by atoms with E-state index >= 15 is 0 Å². The Morgan fingerprint density at radius 3 is 2.58 bits per heavy atom. The van der Waals surface area contributed by atoms with Gasteiger partial charge in [-0.1, -0.05) is 43.2 Å². The Morgan fingerprint density at radius 2 is 1.92 bits per heavy atom. The Morgan fingerprint density at radius 1 is 1.19 bits per heavy atom. The minimum Gasteiger partial charge on any atom is -0.329 e. The van der Waals surface area contributed by atoms with E-state index in [1.54, 1.807) is 5.32 Å². The van der Waals surface area contributed by atoms with Crippen LogP contribution in [0.3, 0.4) is 0 Å². The van der Waals surface area contributed by atoms with Crippen LogP contribution in [0.15, 0.2) is 30.3 Å². The van der Waals surface area contributed by atoms with E-state index in [1.165, 1.54) is 6.42 Å². The maximum absolute atomic E-state index is 12.1. The fraction of sp³-hybridized carbons (Fsp3) is 0.556. The number of likely N-dealkylation sites (tertiary alicyclic amines) is 1. The number of alkyl halides is 3. The molecule has 1 saturated heterocycles. The number of halogens is 3. The van der Waals surface area contributed by atoms with E-state index in [1.807, 2.05) is 28.4 Å². The van der Waals surface area contributed by atoms with Gasteiger partial charge < -0.3 is 5.32 Å². The van der Waals surface area contributed by atoms with Crippen molar-refractivity contribution in [3.05, 3.63) is 35.9 Å². The molecule has 2 aliphatic rings. The smallest absolute Gasteiger partial charge is 0.329 e. The first kappa shape index (κ1) is 18.7. The fourth-order valence-electron chi connectivity index (χ4n) is 4.26. The summed E-state index contributed by atoms with van der Waals surface area (Å²) in [5.74, 6) is -0.130. The zero-order chi connectivity index (χ0) is 18.8. The second-order valence-electron chi connectivity index (χ2n) is 6.96. The quantitative estimate of drug-likeness (QED) is 0.858. The van der Waals surface area contributed by atoms with E-state index in [4.69, 9.17) is 0 Å². The fourth-order valence-corrected chi connectivity index (χ4v) is 4.26. The average molecular weight is 369 g/mol. The van der Waals surface area contributed by atoms with E-state index in [0.29, 0.717) is 5.92 Å². The number of imide groups is 1. The van der Waals surface area contributed by atoms with Crippen LogP contribution in [0.5, 0.6) is 0 Å². The van der Waals surface area contributed by atoms with Crippen molar-refractivity contribution in [2.75, 3.05) is 19.6 Å². The van der Waals surface area contributed by atoms with E-state index in [2.05, 4.69) is 12.1 Å². The van der Waals surface area contributed by atoms with Crippen molar-refractivity contribution in [3.8, 4) is 0 Å². The highest BCUT2D eigenvalue weighted by molar-refractivity contribution is 5.95. The molecule has 1 aromatic carbocycles. The molecule has 2 atom stereocenters. The second-order valence-corrected chi connectivity index (χ2v) is 6.96. The molecule has 3 rings (SSSR count). The summed E-state index contributed by atoms with van der Waals surface area (Å²) in [4.78, 5) is 25.6. The summed E-state index contributed by atoms with van der Waals surface area (Å²) in [6, 6.07) is 8.87. The Bertz CT molecular complexity index is 665. The molecule has 1 aliphatic carbocycles. The van der Waals surface area contributed by atoms with Gasteiger partial charge in [-0.05, 0) is 24.3 Å². The van der Waals surface area contributed by atoms with Gasteiger partial charge in [-0.25, -0.2) is 4.79 Å². The van der Waals surface area contributed by atoms with Gasteiger partial charge in [-0.3, -0.25) is 15.0 Å². The molecular weight excluding hydrogens is 347 g/mol. The Kier molecular flexibility index (Phi) is 5.22. The van der Waals surface area contributed by atoms with Crippen LogP contribution in [-0.4, -0.2) is 42.6 Å². The van der Waals surface area contributed by atoms with E-state index in [0.717, 1.165) is 31.4 Å². The predicted octanol–water partition coefficient (Wildman–Crippen LogP) is 2.78. The minimum absolute atomic E-state index is 0.00910. The number of amides is 3. The van der Waals surface area contributed by atoms with Crippen LogP contribution in [-0.2, 0) is 10.3 Å². The van der Waals surface area contributed by atoms with Crippen molar-refractivity contribution >= 4 is 11.9 Å². The number of nitrogens with zero attached hydrogens (tertiary/aromatic N) is 1. The molecule has 1 aliphatic heterocycles. The molecule has 0 bridgehead atoms. The van der Waals surface area contributed by atoms with Gasteiger partial charge in [0, 0.05) is 6.54 Å². The number of urea groups is 1. The Balaban J connectivity index is 1.62. The zero-order valence-electron chi connectivity index (χ0n) is 14.3. The molecule has 1 heterocycles. The zero-order valence-corrected chi connectivity index (χ0v) is 14.3. The minimum atomic E-state index is -4.51. The van der Waals surface area contributed by atoms with E-state index < -0.39 is 24.7 Å². The number of rotatable bonds is 4. The number of hydrogen-bond donors (Lipinski definition) is 2. The molecule has 2 N–H and O–H groups in total. The molecule has 1 aromatic rings. The predicted molar refractivity (Wildman–Crippen MR) is 89.2 cm³/mol. The van der Waals surface area contributed by atoms with Crippen LogP contribution in [0.2, 0.25) is 0 Å². The maximum Gasteiger partial charge on any atom is 0.405 e. The molecule has 0 spiro atoms. The topological polar surface area (TPSA) is 61.4 Å². The first-order chi connectivity index (χ1) is 12.3. The van der Waals surface area contributed by atoms with Crippen molar-refractivity contribution in [1.82, 2.24) is 15.5 Å². The summed E-state index contributed by atoms with van der Waals surface area (Å²) in [6.07, 6.45) is -0.242. The lowest BCUT2D eigenvalue weighted by Gasteiger charge is -2.61. The molecule has 5 nitrogen and oxygen atoms in total. The first-order valence-corrected chi connectivity index (χ1v) is 8.76. The van der Waals surface area contributed by atoms with Crippen LogP contribution in [0.25, 0.3) is 0 Å². The number of carbonyl (C=O) groups is 2. The number of nitrogens with one attached hydrogen (secondary N) is 2. The Hall–Kier alpha value is -2.09. The lowest BCUT2D eigenvalue weighted by atomic mass is 9.62. The van der Waals surface area contributed by atoms with Gasteiger partial charge in [-0.2, -0.15) is 13.2 Å². The van der Waals surface area contributed by atoms with Gasteiger partial charge in [0.15, 0.2) is 0 Å². The van der Waals surface area contributed by atoms with E-state index in [9.17, 15) is 22.8 Å². The van der Waals surface area contributed by atoms with Crippen molar-refractivity contribution in [2.45, 2.75) is 37.4 Å². The van der Waals surface area contributed by atoms with Crippen molar-refractivity contribution in [1.29, 1.82) is 0 Å². The number of fused-ring (bicyclic) bond motifs is 1. The van der Waals surface area contributed by atoms with Gasteiger partial charge in [0.25, 0.3) is 0 Å². The molecule has 0 aromatic heterocycles. The standard InChI is InChI=1S/C18H22F3N3O2/c19-18(20,21)12-22-16(26)23-15(25)11-24-10-14-8-4-5-9-17(14,24)13-6-2-1-3-7-13/h1-3,6-7,14H,4-5,8-12H2,(H2,22,23,25,26)/t14-,17-/m1/s1. The highest BCUT2D eigenvalue weighted by Crippen LogP contribution is 2.53. The summed E-state index contributed by atoms with van der Waals surface area (Å²) < 4.78 is 36.3. The summed E-state index contributed by atoms with van der Waals surface area (Å²) >= 11 is 0. The third-order valence-electron chi connectivity index (χ3n) is 5.35. The molecule has 142 valence electrons. The molecule has 2 fully saturated rings. The highest BCUT2D eigenvalue weighted by Gasteiger charge is 2.55. The Labute approximate surface area is 149 Å². The summed E-state index contributed by atoms with van der Waals surface area (Å²) in [5.41, 5.74) is 0.949. The van der Waals surface area contributed by atoms with Crippen molar-refractivity contribution in [2.24, 2.45) is 5.92 Å². The largest absolute Gasteiger partial charge is 0.405 e. The van der Waals surface area contributed by atoms with Gasteiger partial charge in [0.1, 0.15) is 6.54 Å². The van der Waals surface area contributed by atoms with Crippen LogP contribution in [0.4, 0.5) is 18.0 Å². The highest BCUT2D eigenvalue weighted by atomic mass is 19.4. The van der Waals surface area contributed by atoms with Gasteiger partial charge in [0.2, 0.25) is 5.91 Å². The molecule has 8 heteroatoms. The molecule has 1 saturated carbocycles. The first-order valence-electron chi connectivity index (χ1n) is 8.76. The summed E-state index contributed by atoms with van der Waals surface area (Å²) in [7, 11) is 0. The lowest BCUT2D eigenvalue weighted by molar-refractivity contribution is -0.141. The summed E-state index contributed by atoms with van der Waals surface area (Å²) in [6.45, 7) is -0.719. The monoisotopic (exact) mass is 369 g/mol. The summed E-state index contributed by atoms with van der Waals surface area (Å²) in [5, 5.41) is 3.63. The third-order valence-corrected chi connectivity index (χ3v) is 5.35. The van der Waals surface area contributed by atoms with Crippen molar-refractivity contribution in [3.63, 3.8) is 0 Å². The van der Waals surface area contributed by atoms with Crippen LogP contribution in [0, 0.1) is 5.92 Å². The van der Waals surface area contributed by atoms with Gasteiger partial charge in [-0.15, -0.1) is 0 Å². The SMILES string of the molecule is O=C(CN1C[C@H]2CCCC[C@@]21c1ccccc1)NC(=O)NCC(F)(F)F. The van der Waals surface area contributed by atoms with Gasteiger partial charge in [0.05, 0.1) is 12.1 Å². The molecule has 26 heavy (non-hydrogen) atoms. The molecule has 0 unspecified atom stereocenters. The van der Waals surface area contributed by atoms with Crippen LogP contribution >= 0.6 is 0 Å². The third kappa shape index (κ3) is 3.85.